The van der Waals surface area contributed by atoms with Gasteiger partial charge >= 0.3 is 0 Å². The first-order valence-electron chi connectivity index (χ1n) is 9.35. The van der Waals surface area contributed by atoms with Crippen molar-refractivity contribution in [3.05, 3.63) is 76.7 Å². The lowest BCUT2D eigenvalue weighted by Crippen LogP contribution is -2.25. The number of nitrogens with zero attached hydrogens (tertiary/aromatic N) is 3. The summed E-state index contributed by atoms with van der Waals surface area (Å²) in [5, 5.41) is 2.94. The number of carbonyl (C=O) groups is 1. The van der Waals surface area contributed by atoms with Gasteiger partial charge in [0, 0.05) is 14.1 Å². The van der Waals surface area contributed by atoms with Crippen LogP contribution in [0.25, 0.3) is 16.0 Å². The quantitative estimate of drug-likeness (QED) is 0.493. The van der Waals surface area contributed by atoms with Gasteiger partial charge in [0.05, 0.1) is 16.6 Å². The molecule has 1 amide bonds. The summed E-state index contributed by atoms with van der Waals surface area (Å²) in [6, 6.07) is 13.7. The molecule has 0 radical (unpaired) electrons. The van der Waals surface area contributed by atoms with Crippen LogP contribution in [0, 0.1) is 11.6 Å². The molecule has 2 heterocycles. The Morgan fingerprint density at radius 1 is 1.07 bits per heavy atom. The smallest absolute Gasteiger partial charge is 0.261 e. The monoisotopic (exact) mass is 426 g/mol. The van der Waals surface area contributed by atoms with Crippen LogP contribution in [0.15, 0.2) is 54.6 Å². The Morgan fingerprint density at radius 2 is 1.67 bits per heavy atom. The second-order valence-electron chi connectivity index (χ2n) is 7.17. The predicted molar refractivity (Wildman–Crippen MR) is 116 cm³/mol. The molecule has 30 heavy (non-hydrogen) atoms. The fourth-order valence-electron chi connectivity index (χ4n) is 3.20. The van der Waals surface area contributed by atoms with E-state index in [4.69, 9.17) is 0 Å². The first-order chi connectivity index (χ1) is 14.3. The van der Waals surface area contributed by atoms with Crippen molar-refractivity contribution in [2.75, 3.05) is 19.0 Å². The number of imidazole rings is 1. The minimum atomic E-state index is -0.317. The van der Waals surface area contributed by atoms with E-state index in [1.54, 1.807) is 30.3 Å². The largest absolute Gasteiger partial charge is 0.348 e. The van der Waals surface area contributed by atoms with Gasteiger partial charge in [0.2, 0.25) is 5.95 Å². The molecule has 2 aromatic heterocycles. The third-order valence-corrected chi connectivity index (χ3v) is 5.85. The highest BCUT2D eigenvalue weighted by Gasteiger charge is 2.21. The molecule has 0 spiro atoms. The lowest BCUT2D eigenvalue weighted by molar-refractivity contribution is 0.0944. The van der Waals surface area contributed by atoms with Crippen molar-refractivity contribution in [1.82, 2.24) is 14.9 Å². The molecule has 0 unspecified atom stereocenters. The van der Waals surface area contributed by atoms with Gasteiger partial charge in [0.1, 0.15) is 22.0 Å². The average molecular weight is 426 g/mol. The van der Waals surface area contributed by atoms with Gasteiger partial charge in [-0.15, -0.1) is 11.3 Å². The van der Waals surface area contributed by atoms with Crippen molar-refractivity contribution in [3.63, 3.8) is 0 Å². The lowest BCUT2D eigenvalue weighted by atomic mass is 10.1. The molecule has 8 heteroatoms. The van der Waals surface area contributed by atoms with Crippen LogP contribution < -0.4 is 10.2 Å². The standard InChI is InChI=1S/C22H20F2N4OS/c1-13(14-4-6-15(23)7-5-14)25-20(29)19-12-18-21(30-19)28(22(26-18)27(2)3)17-10-8-16(24)9-11-17/h4-13H,1-3H3,(H,25,29)/t13-/m1/s1. The van der Waals surface area contributed by atoms with E-state index < -0.39 is 0 Å². The van der Waals surface area contributed by atoms with E-state index in [0.717, 1.165) is 16.1 Å². The fourth-order valence-corrected chi connectivity index (χ4v) is 4.22. The maximum Gasteiger partial charge on any atom is 0.261 e. The number of aromatic nitrogens is 2. The zero-order valence-electron chi connectivity index (χ0n) is 16.7. The summed E-state index contributed by atoms with van der Waals surface area (Å²) in [5.41, 5.74) is 2.26. The van der Waals surface area contributed by atoms with Crippen LogP contribution >= 0.6 is 11.3 Å². The Bertz CT molecular complexity index is 1200. The highest BCUT2D eigenvalue weighted by atomic mass is 32.1. The summed E-state index contributed by atoms with van der Waals surface area (Å²) < 4.78 is 28.4. The van der Waals surface area contributed by atoms with E-state index in [-0.39, 0.29) is 23.6 Å². The van der Waals surface area contributed by atoms with Crippen molar-refractivity contribution in [1.29, 1.82) is 0 Å². The Morgan fingerprint density at radius 3 is 2.27 bits per heavy atom. The molecule has 0 saturated carbocycles. The van der Waals surface area contributed by atoms with Gasteiger partial charge in [-0.3, -0.25) is 9.36 Å². The summed E-state index contributed by atoms with van der Waals surface area (Å²) in [7, 11) is 3.76. The highest BCUT2D eigenvalue weighted by Crippen LogP contribution is 2.33. The average Bonchev–Trinajstić information content (AvgIpc) is 3.27. The molecule has 0 bridgehead atoms. The Hall–Kier alpha value is -3.26. The van der Waals surface area contributed by atoms with Gasteiger partial charge in [0.25, 0.3) is 5.91 Å². The highest BCUT2D eigenvalue weighted by molar-refractivity contribution is 7.20. The van der Waals surface area contributed by atoms with Gasteiger partial charge in [-0.05, 0) is 55.0 Å². The minimum Gasteiger partial charge on any atom is -0.348 e. The number of halogens is 2. The lowest BCUT2D eigenvalue weighted by Gasteiger charge is -2.15. The number of nitrogens with one attached hydrogen (secondary N) is 1. The minimum absolute atomic E-state index is 0.230. The van der Waals surface area contributed by atoms with Crippen LogP contribution in [-0.4, -0.2) is 29.6 Å². The number of hydrogen-bond donors (Lipinski definition) is 1. The third kappa shape index (κ3) is 3.78. The SMILES string of the molecule is C[C@@H](NC(=O)c1cc2nc(N(C)C)n(-c3ccc(F)cc3)c2s1)c1ccc(F)cc1. The number of benzene rings is 2. The second-order valence-corrected chi connectivity index (χ2v) is 8.20. The van der Waals surface area contributed by atoms with Crippen LogP contribution in [0.3, 0.4) is 0 Å². The van der Waals surface area contributed by atoms with Gasteiger partial charge in [0.15, 0.2) is 0 Å². The molecule has 2 aromatic carbocycles. The van der Waals surface area contributed by atoms with Gasteiger partial charge < -0.3 is 10.2 Å². The normalized spacial score (nSPS) is 12.2. The third-order valence-electron chi connectivity index (χ3n) is 4.74. The van der Waals surface area contributed by atoms with E-state index in [0.29, 0.717) is 16.3 Å². The molecule has 4 aromatic rings. The summed E-state index contributed by atoms with van der Waals surface area (Å²) in [5.74, 6) is -0.175. The number of thiophene rings is 1. The molecular weight excluding hydrogens is 406 g/mol. The predicted octanol–water partition coefficient (Wildman–Crippen LogP) is 4.92. The van der Waals surface area contributed by atoms with Crippen LogP contribution in [0.1, 0.15) is 28.2 Å². The molecule has 0 saturated heterocycles. The number of amides is 1. The van der Waals surface area contributed by atoms with Crippen molar-refractivity contribution in [3.8, 4) is 5.69 Å². The van der Waals surface area contributed by atoms with E-state index in [9.17, 15) is 13.6 Å². The van der Waals surface area contributed by atoms with Gasteiger partial charge in [-0.1, -0.05) is 12.1 Å². The Labute approximate surface area is 176 Å². The zero-order valence-corrected chi connectivity index (χ0v) is 17.5. The molecule has 0 fully saturated rings. The summed E-state index contributed by atoms with van der Waals surface area (Å²) in [6.45, 7) is 1.85. The van der Waals surface area contributed by atoms with E-state index in [1.165, 1.54) is 35.6 Å². The number of anilines is 1. The molecule has 0 aliphatic carbocycles. The van der Waals surface area contributed by atoms with Crippen molar-refractivity contribution in [2.45, 2.75) is 13.0 Å². The van der Waals surface area contributed by atoms with E-state index >= 15 is 0 Å². The first-order valence-corrected chi connectivity index (χ1v) is 10.2. The maximum absolute atomic E-state index is 13.4. The topological polar surface area (TPSA) is 50.2 Å². The van der Waals surface area contributed by atoms with E-state index in [1.807, 2.05) is 30.5 Å². The second kappa shape index (κ2) is 7.87. The molecular formula is C22H20F2N4OS. The van der Waals surface area contributed by atoms with E-state index in [2.05, 4.69) is 10.3 Å². The molecule has 0 aliphatic rings. The first kappa shape index (κ1) is 20.0. The summed E-state index contributed by atoms with van der Waals surface area (Å²) in [4.78, 5) is 20.6. The zero-order chi connectivity index (χ0) is 21.4. The van der Waals surface area contributed by atoms with Crippen molar-refractivity contribution >= 4 is 33.5 Å². The van der Waals surface area contributed by atoms with Gasteiger partial charge in [-0.2, -0.15) is 0 Å². The van der Waals surface area contributed by atoms with Crippen molar-refractivity contribution < 1.29 is 13.6 Å². The summed E-state index contributed by atoms with van der Waals surface area (Å²) >= 11 is 1.32. The van der Waals surface area contributed by atoms with Gasteiger partial charge in [-0.25, -0.2) is 13.8 Å². The van der Waals surface area contributed by atoms with Crippen LogP contribution in [0.5, 0.6) is 0 Å². The Kier molecular flexibility index (Phi) is 5.26. The molecule has 0 aliphatic heterocycles. The molecule has 154 valence electrons. The molecule has 1 N–H and O–H groups in total. The fraction of sp³-hybridized carbons (Fsp3) is 0.182. The number of carbonyl (C=O) groups excluding carboxylic acids is 1. The van der Waals surface area contributed by atoms with Crippen LogP contribution in [0.2, 0.25) is 0 Å². The number of fused-ring (bicyclic) bond motifs is 1. The van der Waals surface area contributed by atoms with Crippen LogP contribution in [0.4, 0.5) is 14.7 Å². The van der Waals surface area contributed by atoms with Crippen LogP contribution in [-0.2, 0) is 0 Å². The molecule has 4 rings (SSSR count). The molecule has 1 atom stereocenters. The summed E-state index contributed by atoms with van der Waals surface area (Å²) in [6.07, 6.45) is 0. The maximum atomic E-state index is 13.4. The molecule has 5 nitrogen and oxygen atoms in total. The Balaban J connectivity index is 1.67. The number of rotatable bonds is 5. The van der Waals surface area contributed by atoms with Crippen molar-refractivity contribution in [2.24, 2.45) is 0 Å². The number of hydrogen-bond acceptors (Lipinski definition) is 4.